The van der Waals surface area contributed by atoms with Gasteiger partial charge in [-0.15, -0.1) is 0 Å². The molecule has 2 N–H and O–H groups in total. The van der Waals surface area contributed by atoms with Gasteiger partial charge in [0.25, 0.3) is 0 Å². The van der Waals surface area contributed by atoms with Crippen molar-refractivity contribution in [2.75, 3.05) is 0 Å². The largest absolute Gasteiger partial charge is 0.325 e. The maximum atomic E-state index is 6.13. The molecule has 13 heavy (non-hydrogen) atoms. The Morgan fingerprint density at radius 3 is 2.85 bits per heavy atom. The molecule has 0 amide bonds. The second kappa shape index (κ2) is 3.00. The van der Waals surface area contributed by atoms with Gasteiger partial charge in [-0.25, -0.2) is 0 Å². The summed E-state index contributed by atoms with van der Waals surface area (Å²) in [5.41, 5.74) is 7.42. The molecular formula is C11H14ClN. The standard InChI is InChI=1S/C11H14ClN/c1-8-6-11(8,13)7-9-3-2-4-10(12)5-9/h2-5,8H,6-7,13H2,1H3. The topological polar surface area (TPSA) is 26.0 Å². The predicted octanol–water partition coefficient (Wildman–Crippen LogP) is 2.62. The molecule has 2 heteroatoms. The van der Waals surface area contributed by atoms with Crippen LogP contribution in [0, 0.1) is 5.92 Å². The summed E-state index contributed by atoms with van der Waals surface area (Å²) in [7, 11) is 0. The van der Waals surface area contributed by atoms with Crippen molar-refractivity contribution < 1.29 is 0 Å². The van der Waals surface area contributed by atoms with Crippen LogP contribution in [0.2, 0.25) is 5.02 Å². The summed E-state index contributed by atoms with van der Waals surface area (Å²) in [6.45, 7) is 2.20. The predicted molar refractivity (Wildman–Crippen MR) is 55.9 cm³/mol. The highest BCUT2D eigenvalue weighted by Gasteiger charge is 2.47. The van der Waals surface area contributed by atoms with E-state index in [2.05, 4.69) is 13.0 Å². The summed E-state index contributed by atoms with van der Waals surface area (Å²) in [6, 6.07) is 7.96. The average molecular weight is 196 g/mol. The van der Waals surface area contributed by atoms with Crippen molar-refractivity contribution in [2.24, 2.45) is 11.7 Å². The Hall–Kier alpha value is -0.530. The lowest BCUT2D eigenvalue weighted by Gasteiger charge is -2.09. The average Bonchev–Trinajstić information content (AvgIpc) is 2.58. The monoisotopic (exact) mass is 195 g/mol. The molecule has 1 aromatic carbocycles. The summed E-state index contributed by atoms with van der Waals surface area (Å²) in [4.78, 5) is 0. The van der Waals surface area contributed by atoms with E-state index in [1.807, 2.05) is 18.2 Å². The van der Waals surface area contributed by atoms with Gasteiger partial charge in [0.05, 0.1) is 0 Å². The van der Waals surface area contributed by atoms with Crippen molar-refractivity contribution in [1.29, 1.82) is 0 Å². The molecule has 0 radical (unpaired) electrons. The Morgan fingerprint density at radius 2 is 2.31 bits per heavy atom. The Bertz CT molecular complexity index is 324. The third-order valence-corrected chi connectivity index (χ3v) is 3.16. The van der Waals surface area contributed by atoms with Gasteiger partial charge in [0, 0.05) is 10.6 Å². The lowest BCUT2D eigenvalue weighted by Crippen LogP contribution is -2.27. The van der Waals surface area contributed by atoms with Crippen LogP contribution in [-0.2, 0) is 6.42 Å². The van der Waals surface area contributed by atoms with Gasteiger partial charge < -0.3 is 5.73 Å². The Labute approximate surface area is 83.9 Å². The lowest BCUT2D eigenvalue weighted by molar-refractivity contribution is 0.615. The number of halogens is 1. The highest BCUT2D eigenvalue weighted by Crippen LogP contribution is 2.42. The van der Waals surface area contributed by atoms with Crippen molar-refractivity contribution in [3.8, 4) is 0 Å². The minimum Gasteiger partial charge on any atom is -0.325 e. The zero-order valence-electron chi connectivity index (χ0n) is 7.76. The quantitative estimate of drug-likeness (QED) is 0.772. The van der Waals surface area contributed by atoms with Gasteiger partial charge in [-0.2, -0.15) is 0 Å². The van der Waals surface area contributed by atoms with Gasteiger partial charge in [-0.1, -0.05) is 30.7 Å². The molecule has 70 valence electrons. The third kappa shape index (κ3) is 1.87. The van der Waals surface area contributed by atoms with Gasteiger partial charge in [-0.3, -0.25) is 0 Å². The van der Waals surface area contributed by atoms with Crippen LogP contribution in [0.5, 0.6) is 0 Å². The molecule has 0 aromatic heterocycles. The molecule has 1 nitrogen and oxygen atoms in total. The molecule has 2 unspecified atom stereocenters. The summed E-state index contributed by atoms with van der Waals surface area (Å²) in [5.74, 6) is 0.659. The molecule has 1 saturated carbocycles. The van der Waals surface area contributed by atoms with E-state index in [1.165, 1.54) is 5.56 Å². The zero-order valence-corrected chi connectivity index (χ0v) is 8.51. The van der Waals surface area contributed by atoms with Crippen LogP contribution in [0.4, 0.5) is 0 Å². The third-order valence-electron chi connectivity index (χ3n) is 2.93. The van der Waals surface area contributed by atoms with Crippen LogP contribution >= 0.6 is 11.6 Å². The summed E-state index contributed by atoms with van der Waals surface area (Å²) in [6.07, 6.45) is 2.09. The lowest BCUT2D eigenvalue weighted by atomic mass is 10.0. The molecule has 1 fully saturated rings. The van der Waals surface area contributed by atoms with Crippen LogP contribution in [0.1, 0.15) is 18.9 Å². The molecule has 0 saturated heterocycles. The zero-order chi connectivity index (χ0) is 9.47. The molecule has 1 aliphatic carbocycles. The van der Waals surface area contributed by atoms with Gasteiger partial charge in [0.2, 0.25) is 0 Å². The van der Waals surface area contributed by atoms with E-state index in [0.29, 0.717) is 5.92 Å². The van der Waals surface area contributed by atoms with Crippen molar-refractivity contribution >= 4 is 11.6 Å². The van der Waals surface area contributed by atoms with Crippen molar-refractivity contribution in [1.82, 2.24) is 0 Å². The fourth-order valence-electron chi connectivity index (χ4n) is 1.78. The Balaban J connectivity index is 2.10. The molecule has 2 rings (SSSR count). The van der Waals surface area contributed by atoms with E-state index in [1.54, 1.807) is 0 Å². The maximum Gasteiger partial charge on any atom is 0.0408 e. The SMILES string of the molecule is CC1CC1(N)Cc1cccc(Cl)c1. The number of nitrogens with two attached hydrogens (primary N) is 1. The fourth-order valence-corrected chi connectivity index (χ4v) is 2.00. The van der Waals surface area contributed by atoms with Crippen molar-refractivity contribution in [3.63, 3.8) is 0 Å². The van der Waals surface area contributed by atoms with Crippen LogP contribution < -0.4 is 5.73 Å². The first kappa shape index (κ1) is 9.04. The van der Waals surface area contributed by atoms with Crippen LogP contribution in [-0.4, -0.2) is 5.54 Å². The second-order valence-corrected chi connectivity index (χ2v) is 4.58. The Kier molecular flexibility index (Phi) is 2.09. The van der Waals surface area contributed by atoms with Crippen LogP contribution in [0.25, 0.3) is 0 Å². The molecule has 2 atom stereocenters. The minimum absolute atomic E-state index is 0.0463. The summed E-state index contributed by atoms with van der Waals surface area (Å²) < 4.78 is 0. The van der Waals surface area contributed by atoms with Crippen molar-refractivity contribution in [3.05, 3.63) is 34.9 Å². The second-order valence-electron chi connectivity index (χ2n) is 4.15. The first-order valence-corrected chi connectivity index (χ1v) is 5.01. The van der Waals surface area contributed by atoms with E-state index in [9.17, 15) is 0 Å². The van der Waals surface area contributed by atoms with Gasteiger partial charge in [-0.05, 0) is 36.5 Å². The molecular weight excluding hydrogens is 182 g/mol. The van der Waals surface area contributed by atoms with E-state index in [4.69, 9.17) is 17.3 Å². The fraction of sp³-hybridized carbons (Fsp3) is 0.455. The van der Waals surface area contributed by atoms with Crippen molar-refractivity contribution in [2.45, 2.75) is 25.3 Å². The molecule has 0 bridgehead atoms. The molecule has 1 aromatic rings. The van der Waals surface area contributed by atoms with E-state index < -0.39 is 0 Å². The molecule has 0 aliphatic heterocycles. The van der Waals surface area contributed by atoms with Gasteiger partial charge >= 0.3 is 0 Å². The van der Waals surface area contributed by atoms with E-state index in [0.717, 1.165) is 17.9 Å². The number of rotatable bonds is 2. The normalized spacial score (nSPS) is 31.8. The minimum atomic E-state index is 0.0463. The number of hydrogen-bond donors (Lipinski definition) is 1. The van der Waals surface area contributed by atoms with Crippen LogP contribution in [0.3, 0.4) is 0 Å². The van der Waals surface area contributed by atoms with E-state index in [-0.39, 0.29) is 5.54 Å². The van der Waals surface area contributed by atoms with Gasteiger partial charge in [0.15, 0.2) is 0 Å². The number of benzene rings is 1. The Morgan fingerprint density at radius 1 is 1.62 bits per heavy atom. The van der Waals surface area contributed by atoms with Gasteiger partial charge in [0.1, 0.15) is 0 Å². The molecule has 0 heterocycles. The summed E-state index contributed by atoms with van der Waals surface area (Å²) in [5, 5.41) is 0.800. The molecule has 1 aliphatic rings. The number of hydrogen-bond acceptors (Lipinski definition) is 1. The maximum absolute atomic E-state index is 6.13. The summed E-state index contributed by atoms with van der Waals surface area (Å²) >= 11 is 5.89. The highest BCUT2D eigenvalue weighted by atomic mass is 35.5. The van der Waals surface area contributed by atoms with Crippen LogP contribution in [0.15, 0.2) is 24.3 Å². The molecule has 0 spiro atoms. The smallest absolute Gasteiger partial charge is 0.0408 e. The van der Waals surface area contributed by atoms with E-state index >= 15 is 0 Å². The first-order valence-electron chi connectivity index (χ1n) is 4.63. The highest BCUT2D eigenvalue weighted by molar-refractivity contribution is 6.30. The first-order chi connectivity index (χ1) is 6.10.